The van der Waals surface area contributed by atoms with Gasteiger partial charge in [0.2, 0.25) is 0 Å². The summed E-state index contributed by atoms with van der Waals surface area (Å²) in [5.74, 6) is 1.49. The zero-order valence-corrected chi connectivity index (χ0v) is 12.6. The molecule has 3 unspecified atom stereocenters. The zero-order chi connectivity index (χ0) is 14.1. The van der Waals surface area contributed by atoms with Gasteiger partial charge in [0.25, 0.3) is 0 Å². The minimum absolute atomic E-state index is 0.0725. The van der Waals surface area contributed by atoms with Crippen LogP contribution in [-0.2, 0) is 4.74 Å². The van der Waals surface area contributed by atoms with Gasteiger partial charge in [0.15, 0.2) is 11.5 Å². The Morgan fingerprint density at radius 2 is 1.90 bits per heavy atom. The summed E-state index contributed by atoms with van der Waals surface area (Å²) in [6, 6.07) is 3.89. The van der Waals surface area contributed by atoms with Crippen molar-refractivity contribution in [3.63, 3.8) is 0 Å². The van der Waals surface area contributed by atoms with Crippen LogP contribution in [0.1, 0.15) is 31.4 Å². The minimum Gasteiger partial charge on any atom is -0.486 e. The van der Waals surface area contributed by atoms with Gasteiger partial charge in [0, 0.05) is 11.1 Å². The molecule has 20 heavy (non-hydrogen) atoms. The molecule has 2 heterocycles. The number of hydrogen-bond donors (Lipinski definition) is 1. The lowest BCUT2D eigenvalue weighted by Crippen LogP contribution is -2.30. The number of rotatable bonds is 3. The van der Waals surface area contributed by atoms with Gasteiger partial charge in [-0.2, -0.15) is 0 Å². The first kappa shape index (κ1) is 14.0. The summed E-state index contributed by atoms with van der Waals surface area (Å²) in [6.07, 6.45) is 2.59. The Morgan fingerprint density at radius 3 is 2.50 bits per heavy atom. The van der Waals surface area contributed by atoms with Crippen LogP contribution in [0.4, 0.5) is 0 Å². The maximum Gasteiger partial charge on any atom is 0.162 e. The van der Waals surface area contributed by atoms with E-state index >= 15 is 0 Å². The monoisotopic (exact) mass is 297 g/mol. The Balaban J connectivity index is 1.91. The van der Waals surface area contributed by atoms with E-state index in [1.165, 1.54) is 0 Å². The van der Waals surface area contributed by atoms with E-state index in [9.17, 15) is 0 Å². The van der Waals surface area contributed by atoms with Crippen LogP contribution in [0.25, 0.3) is 0 Å². The Labute approximate surface area is 124 Å². The van der Waals surface area contributed by atoms with E-state index in [2.05, 4.69) is 12.2 Å². The number of ether oxygens (including phenoxy) is 3. The number of fused-ring (bicyclic) bond motifs is 1. The summed E-state index contributed by atoms with van der Waals surface area (Å²) in [5.41, 5.74) is 1.01. The standard InChI is InChI=1S/C15H20ClNO3/c1-9-3-4-12(20-9)15(17-2)10-7-13-14(8-11(10)16)19-6-5-18-13/h7-9,12,15,17H,3-6H2,1-2H3. The van der Waals surface area contributed by atoms with Crippen molar-refractivity contribution in [1.82, 2.24) is 5.32 Å². The average Bonchev–Trinajstić information content (AvgIpc) is 2.86. The maximum atomic E-state index is 6.42. The van der Waals surface area contributed by atoms with Gasteiger partial charge in [-0.15, -0.1) is 0 Å². The van der Waals surface area contributed by atoms with Crippen molar-refractivity contribution in [2.45, 2.75) is 38.0 Å². The molecule has 0 bridgehead atoms. The third-order valence-corrected chi connectivity index (χ3v) is 4.27. The first-order valence-electron chi connectivity index (χ1n) is 7.11. The van der Waals surface area contributed by atoms with Crippen LogP contribution in [0, 0.1) is 0 Å². The van der Waals surface area contributed by atoms with Crippen molar-refractivity contribution < 1.29 is 14.2 Å². The van der Waals surface area contributed by atoms with Crippen molar-refractivity contribution >= 4 is 11.6 Å². The number of nitrogens with one attached hydrogen (secondary N) is 1. The van der Waals surface area contributed by atoms with Gasteiger partial charge in [-0.1, -0.05) is 11.6 Å². The van der Waals surface area contributed by atoms with Gasteiger partial charge in [-0.3, -0.25) is 0 Å². The lowest BCUT2D eigenvalue weighted by Gasteiger charge is -2.27. The molecule has 0 aromatic heterocycles. The molecule has 3 rings (SSSR count). The summed E-state index contributed by atoms with van der Waals surface area (Å²) in [4.78, 5) is 0. The maximum absolute atomic E-state index is 6.42. The molecule has 0 aliphatic carbocycles. The highest BCUT2D eigenvalue weighted by Gasteiger charge is 2.32. The molecule has 1 aromatic carbocycles. The molecule has 0 saturated carbocycles. The Morgan fingerprint density at radius 1 is 1.20 bits per heavy atom. The van der Waals surface area contributed by atoms with Crippen LogP contribution < -0.4 is 14.8 Å². The number of likely N-dealkylation sites (N-methyl/N-ethyl adjacent to an activating group) is 1. The first-order valence-corrected chi connectivity index (χ1v) is 7.48. The van der Waals surface area contributed by atoms with Gasteiger partial charge in [-0.25, -0.2) is 0 Å². The Kier molecular flexibility index (Phi) is 4.06. The van der Waals surface area contributed by atoms with E-state index in [4.69, 9.17) is 25.8 Å². The Bertz CT molecular complexity index is 494. The van der Waals surface area contributed by atoms with Crippen LogP contribution in [-0.4, -0.2) is 32.5 Å². The third kappa shape index (κ3) is 2.60. The summed E-state index contributed by atoms with van der Waals surface area (Å²) < 4.78 is 17.2. The molecule has 5 heteroatoms. The second-order valence-electron chi connectivity index (χ2n) is 5.35. The van der Waals surface area contributed by atoms with Crippen molar-refractivity contribution in [1.29, 1.82) is 0 Å². The first-order chi connectivity index (χ1) is 9.69. The van der Waals surface area contributed by atoms with E-state index in [1.54, 1.807) is 0 Å². The van der Waals surface area contributed by atoms with Crippen molar-refractivity contribution in [2.24, 2.45) is 0 Å². The van der Waals surface area contributed by atoms with Crippen LogP contribution in [0.3, 0.4) is 0 Å². The normalized spacial score (nSPS) is 26.6. The lowest BCUT2D eigenvalue weighted by molar-refractivity contribution is 0.0332. The van der Waals surface area contributed by atoms with Crippen LogP contribution >= 0.6 is 11.6 Å². The number of benzene rings is 1. The molecule has 0 spiro atoms. The fourth-order valence-corrected chi connectivity index (χ4v) is 3.21. The third-order valence-electron chi connectivity index (χ3n) is 3.94. The van der Waals surface area contributed by atoms with E-state index in [-0.39, 0.29) is 12.1 Å². The van der Waals surface area contributed by atoms with Crippen molar-refractivity contribution in [3.8, 4) is 11.5 Å². The second kappa shape index (κ2) is 5.80. The molecule has 110 valence electrons. The number of hydrogen-bond acceptors (Lipinski definition) is 4. The van der Waals surface area contributed by atoms with E-state index in [1.807, 2.05) is 19.2 Å². The fraction of sp³-hybridized carbons (Fsp3) is 0.600. The quantitative estimate of drug-likeness (QED) is 0.931. The average molecular weight is 298 g/mol. The zero-order valence-electron chi connectivity index (χ0n) is 11.8. The summed E-state index contributed by atoms with van der Waals surface area (Å²) in [6.45, 7) is 3.26. The SMILES string of the molecule is CNC(c1cc2c(cc1Cl)OCCO2)C1CCC(C)O1. The minimum atomic E-state index is 0.0725. The van der Waals surface area contributed by atoms with Gasteiger partial charge in [0.1, 0.15) is 13.2 Å². The topological polar surface area (TPSA) is 39.7 Å². The molecule has 1 N–H and O–H groups in total. The summed E-state index contributed by atoms with van der Waals surface area (Å²) in [7, 11) is 1.93. The molecule has 2 aliphatic rings. The van der Waals surface area contributed by atoms with E-state index in [0.717, 1.165) is 29.9 Å². The van der Waals surface area contributed by atoms with Gasteiger partial charge in [-0.05, 0) is 38.4 Å². The molecular formula is C15H20ClNO3. The van der Waals surface area contributed by atoms with E-state index in [0.29, 0.717) is 24.3 Å². The molecule has 2 aliphatic heterocycles. The molecule has 4 nitrogen and oxygen atoms in total. The van der Waals surface area contributed by atoms with Crippen LogP contribution in [0.5, 0.6) is 11.5 Å². The van der Waals surface area contributed by atoms with Gasteiger partial charge >= 0.3 is 0 Å². The smallest absolute Gasteiger partial charge is 0.162 e. The lowest BCUT2D eigenvalue weighted by atomic mass is 9.98. The van der Waals surface area contributed by atoms with Crippen molar-refractivity contribution in [2.75, 3.05) is 20.3 Å². The fourth-order valence-electron chi connectivity index (χ4n) is 2.94. The predicted octanol–water partition coefficient (Wildman–Crippen LogP) is 2.94. The largest absolute Gasteiger partial charge is 0.486 e. The van der Waals surface area contributed by atoms with Crippen molar-refractivity contribution in [3.05, 3.63) is 22.7 Å². The highest BCUT2D eigenvalue weighted by Crippen LogP contribution is 2.40. The molecule has 0 radical (unpaired) electrons. The van der Waals surface area contributed by atoms with Gasteiger partial charge in [0.05, 0.1) is 18.2 Å². The number of halogens is 1. The molecular weight excluding hydrogens is 278 g/mol. The highest BCUT2D eigenvalue weighted by molar-refractivity contribution is 6.31. The van der Waals surface area contributed by atoms with Crippen LogP contribution in [0.2, 0.25) is 5.02 Å². The molecule has 1 fully saturated rings. The second-order valence-corrected chi connectivity index (χ2v) is 5.75. The predicted molar refractivity (Wildman–Crippen MR) is 77.8 cm³/mol. The van der Waals surface area contributed by atoms with Gasteiger partial charge < -0.3 is 19.5 Å². The Hall–Kier alpha value is -0.970. The summed E-state index contributed by atoms with van der Waals surface area (Å²) in [5, 5.41) is 4.01. The highest BCUT2D eigenvalue weighted by atomic mass is 35.5. The van der Waals surface area contributed by atoms with E-state index < -0.39 is 0 Å². The summed E-state index contributed by atoms with van der Waals surface area (Å²) >= 11 is 6.42. The van der Waals surface area contributed by atoms with Crippen LogP contribution in [0.15, 0.2) is 12.1 Å². The molecule has 3 atom stereocenters. The molecule has 0 amide bonds. The molecule has 1 saturated heterocycles. The molecule has 1 aromatic rings.